The molecule has 1 aromatic heterocycles. The molecule has 136 valence electrons. The van der Waals surface area contributed by atoms with Crippen LogP contribution in [-0.2, 0) is 19.2 Å². The van der Waals surface area contributed by atoms with E-state index >= 15 is 0 Å². The number of hydrogen-bond acceptors (Lipinski definition) is 3. The van der Waals surface area contributed by atoms with Crippen LogP contribution in [0.4, 0.5) is 8.78 Å². The molecule has 0 spiro atoms. The van der Waals surface area contributed by atoms with Gasteiger partial charge in [0.15, 0.2) is 0 Å². The summed E-state index contributed by atoms with van der Waals surface area (Å²) in [4.78, 5) is 0. The molecule has 2 aromatic rings. The van der Waals surface area contributed by atoms with E-state index in [-0.39, 0.29) is 11.4 Å². The molecule has 6 heteroatoms. The number of benzene rings is 1. The van der Waals surface area contributed by atoms with E-state index in [1.165, 1.54) is 31.4 Å². The lowest BCUT2D eigenvalue weighted by Gasteiger charge is -2.23. The Morgan fingerprint density at radius 3 is 2.60 bits per heavy atom. The molecule has 1 saturated carbocycles. The second kappa shape index (κ2) is 7.95. The van der Waals surface area contributed by atoms with Crippen LogP contribution in [0, 0.1) is 5.92 Å². The van der Waals surface area contributed by atoms with Crippen molar-refractivity contribution in [3.63, 3.8) is 0 Å². The maximum Gasteiger partial charge on any atom is 0.427 e. The van der Waals surface area contributed by atoms with Crippen LogP contribution in [0.5, 0.6) is 5.88 Å². The molecular weight excluding hydrogens is 324 g/mol. The monoisotopic (exact) mass is 349 g/mol. The SMILES string of the molecule is CNCc1cc(OC(F)(F)c2ccccc2)n(CC2CCCCC2)n1. The minimum absolute atomic E-state index is 0.129. The van der Waals surface area contributed by atoms with E-state index in [9.17, 15) is 8.78 Å². The lowest BCUT2D eigenvalue weighted by atomic mass is 9.89. The standard InChI is InChI=1S/C19H25F2N3O/c1-22-13-17-12-18(24(23-17)14-15-8-4-2-5-9-15)25-19(20,21)16-10-6-3-7-11-16/h3,6-7,10-12,15,22H,2,4-5,8-9,13-14H2,1H3. The van der Waals surface area contributed by atoms with Gasteiger partial charge in [0.1, 0.15) is 0 Å². The molecule has 0 radical (unpaired) electrons. The molecule has 0 bridgehead atoms. The number of nitrogens with one attached hydrogen (secondary N) is 1. The predicted octanol–water partition coefficient (Wildman–Crippen LogP) is 4.31. The van der Waals surface area contributed by atoms with E-state index in [0.29, 0.717) is 24.7 Å². The van der Waals surface area contributed by atoms with Gasteiger partial charge in [0.25, 0.3) is 0 Å². The molecule has 1 aliphatic rings. The molecule has 0 atom stereocenters. The third kappa shape index (κ3) is 4.57. The van der Waals surface area contributed by atoms with Crippen LogP contribution in [0.15, 0.2) is 36.4 Å². The van der Waals surface area contributed by atoms with E-state index < -0.39 is 6.11 Å². The van der Waals surface area contributed by atoms with Crippen molar-refractivity contribution in [2.45, 2.75) is 51.3 Å². The molecule has 0 saturated heterocycles. The van der Waals surface area contributed by atoms with Gasteiger partial charge in [-0.2, -0.15) is 13.9 Å². The lowest BCUT2D eigenvalue weighted by molar-refractivity contribution is -0.189. The summed E-state index contributed by atoms with van der Waals surface area (Å²) in [5, 5.41) is 7.47. The molecule has 1 fully saturated rings. The van der Waals surface area contributed by atoms with Gasteiger partial charge in [-0.15, -0.1) is 0 Å². The quantitative estimate of drug-likeness (QED) is 0.809. The zero-order valence-electron chi connectivity index (χ0n) is 14.5. The van der Waals surface area contributed by atoms with Gasteiger partial charge >= 0.3 is 6.11 Å². The number of ether oxygens (including phenoxy) is 1. The number of nitrogens with zero attached hydrogens (tertiary/aromatic N) is 2. The maximum atomic E-state index is 14.5. The van der Waals surface area contributed by atoms with E-state index in [1.807, 2.05) is 0 Å². The first-order valence-corrected chi connectivity index (χ1v) is 8.92. The summed E-state index contributed by atoms with van der Waals surface area (Å²) in [6.45, 7) is 1.15. The summed E-state index contributed by atoms with van der Waals surface area (Å²) in [5.41, 5.74) is 0.549. The molecule has 3 rings (SSSR count). The van der Waals surface area contributed by atoms with Gasteiger partial charge in [-0.1, -0.05) is 37.5 Å². The number of alkyl halides is 2. The van der Waals surface area contributed by atoms with Crippen LogP contribution in [0.25, 0.3) is 0 Å². The van der Waals surface area contributed by atoms with Gasteiger partial charge < -0.3 is 10.1 Å². The number of rotatable bonds is 7. The third-order valence-corrected chi connectivity index (χ3v) is 4.65. The van der Waals surface area contributed by atoms with Gasteiger partial charge in [-0.3, -0.25) is 0 Å². The molecule has 1 aliphatic carbocycles. The summed E-state index contributed by atoms with van der Waals surface area (Å²) in [5.74, 6) is 0.605. The molecule has 25 heavy (non-hydrogen) atoms. The molecule has 1 N–H and O–H groups in total. The van der Waals surface area contributed by atoms with Gasteiger partial charge in [0.05, 0.1) is 11.3 Å². The Balaban J connectivity index is 1.80. The fourth-order valence-corrected chi connectivity index (χ4v) is 3.37. The first-order chi connectivity index (χ1) is 12.1. The summed E-state index contributed by atoms with van der Waals surface area (Å²) < 4.78 is 35.8. The van der Waals surface area contributed by atoms with E-state index in [4.69, 9.17) is 4.74 Å². The Kier molecular flexibility index (Phi) is 5.68. The Morgan fingerprint density at radius 2 is 1.92 bits per heavy atom. The highest BCUT2D eigenvalue weighted by atomic mass is 19.3. The van der Waals surface area contributed by atoms with Crippen molar-refractivity contribution in [2.24, 2.45) is 5.92 Å². The van der Waals surface area contributed by atoms with Crippen molar-refractivity contribution in [1.82, 2.24) is 15.1 Å². The highest BCUT2D eigenvalue weighted by molar-refractivity contribution is 5.22. The van der Waals surface area contributed by atoms with Crippen LogP contribution in [0.2, 0.25) is 0 Å². The van der Waals surface area contributed by atoms with Gasteiger partial charge in [-0.05, 0) is 37.9 Å². The average molecular weight is 349 g/mol. The number of halogens is 2. The highest BCUT2D eigenvalue weighted by Gasteiger charge is 2.36. The third-order valence-electron chi connectivity index (χ3n) is 4.65. The first-order valence-electron chi connectivity index (χ1n) is 8.92. The second-order valence-corrected chi connectivity index (χ2v) is 6.68. The van der Waals surface area contributed by atoms with Gasteiger partial charge in [0.2, 0.25) is 5.88 Å². The maximum absolute atomic E-state index is 14.5. The van der Waals surface area contributed by atoms with Crippen LogP contribution in [0.1, 0.15) is 43.4 Å². The van der Waals surface area contributed by atoms with Crippen molar-refractivity contribution < 1.29 is 13.5 Å². The fourth-order valence-electron chi connectivity index (χ4n) is 3.37. The van der Waals surface area contributed by atoms with Crippen LogP contribution >= 0.6 is 0 Å². The summed E-state index contributed by atoms with van der Waals surface area (Å²) in [6.07, 6.45) is 2.52. The minimum Gasteiger partial charge on any atom is -0.411 e. The zero-order chi connectivity index (χ0) is 17.7. The molecule has 0 unspecified atom stereocenters. The smallest absolute Gasteiger partial charge is 0.411 e. The van der Waals surface area contributed by atoms with Crippen molar-refractivity contribution in [2.75, 3.05) is 7.05 Å². The van der Waals surface area contributed by atoms with E-state index in [1.54, 1.807) is 36.0 Å². The predicted molar refractivity (Wildman–Crippen MR) is 92.5 cm³/mol. The fraction of sp³-hybridized carbons (Fsp3) is 0.526. The first kappa shape index (κ1) is 17.9. The summed E-state index contributed by atoms with van der Waals surface area (Å²) in [6, 6.07) is 9.22. The number of aromatic nitrogens is 2. The van der Waals surface area contributed by atoms with Gasteiger partial charge in [-0.25, -0.2) is 4.68 Å². The normalized spacial score (nSPS) is 16.1. The Bertz CT molecular complexity index is 667. The average Bonchev–Trinajstić information content (AvgIpc) is 2.97. The van der Waals surface area contributed by atoms with Crippen molar-refractivity contribution >= 4 is 0 Å². The van der Waals surface area contributed by atoms with Crippen LogP contribution < -0.4 is 10.1 Å². The van der Waals surface area contributed by atoms with Crippen molar-refractivity contribution in [1.29, 1.82) is 0 Å². The van der Waals surface area contributed by atoms with Crippen LogP contribution in [-0.4, -0.2) is 16.8 Å². The van der Waals surface area contributed by atoms with Crippen LogP contribution in [0.3, 0.4) is 0 Å². The van der Waals surface area contributed by atoms with E-state index in [2.05, 4.69) is 10.4 Å². The summed E-state index contributed by atoms with van der Waals surface area (Å²) >= 11 is 0. The molecule has 1 aromatic carbocycles. The topological polar surface area (TPSA) is 39.1 Å². The second-order valence-electron chi connectivity index (χ2n) is 6.68. The number of hydrogen-bond donors (Lipinski definition) is 1. The molecule has 0 aliphatic heterocycles. The van der Waals surface area contributed by atoms with E-state index in [0.717, 1.165) is 12.8 Å². The Morgan fingerprint density at radius 1 is 1.20 bits per heavy atom. The Hall–Kier alpha value is -1.95. The molecule has 1 heterocycles. The van der Waals surface area contributed by atoms with Gasteiger partial charge in [0, 0.05) is 19.2 Å². The Labute approximate surface area is 147 Å². The lowest BCUT2D eigenvalue weighted by Crippen LogP contribution is -2.24. The van der Waals surface area contributed by atoms with Crippen molar-refractivity contribution in [3.05, 3.63) is 47.7 Å². The molecule has 0 amide bonds. The highest BCUT2D eigenvalue weighted by Crippen LogP contribution is 2.33. The largest absolute Gasteiger partial charge is 0.427 e. The zero-order valence-corrected chi connectivity index (χ0v) is 14.5. The molecule has 4 nitrogen and oxygen atoms in total. The molecular formula is C19H25F2N3O. The summed E-state index contributed by atoms with van der Waals surface area (Å²) in [7, 11) is 1.80. The minimum atomic E-state index is -3.39. The van der Waals surface area contributed by atoms with Crippen molar-refractivity contribution in [3.8, 4) is 5.88 Å².